The zero-order valence-corrected chi connectivity index (χ0v) is 13.9. The number of hydrogen-bond donors (Lipinski definition) is 1. The first-order valence-electron chi connectivity index (χ1n) is 8.00. The monoisotopic (exact) mass is 341 g/mol. The molecule has 3 rings (SSSR count). The summed E-state index contributed by atoms with van der Waals surface area (Å²) in [5.41, 5.74) is 1.02. The first-order chi connectivity index (χ1) is 12.1. The van der Waals surface area contributed by atoms with Crippen LogP contribution in [-0.2, 0) is 9.53 Å². The maximum Gasteiger partial charge on any atom is 0.345 e. The van der Waals surface area contributed by atoms with Gasteiger partial charge in [0.05, 0.1) is 18.8 Å². The molecule has 0 atom stereocenters. The lowest BCUT2D eigenvalue weighted by Crippen LogP contribution is -2.36. The molecule has 0 spiro atoms. The summed E-state index contributed by atoms with van der Waals surface area (Å²) in [6.45, 7) is 4.37. The third-order valence-corrected chi connectivity index (χ3v) is 3.70. The highest BCUT2D eigenvalue weighted by Gasteiger charge is 2.14. The molecule has 1 aromatic carbocycles. The van der Waals surface area contributed by atoms with E-state index in [1.165, 1.54) is 13.1 Å². The van der Waals surface area contributed by atoms with E-state index in [1.807, 2.05) is 6.07 Å². The Morgan fingerprint density at radius 1 is 1.12 bits per heavy atom. The minimum absolute atomic E-state index is 0.156. The van der Waals surface area contributed by atoms with E-state index in [9.17, 15) is 9.59 Å². The summed E-state index contributed by atoms with van der Waals surface area (Å²) in [6.07, 6.45) is 1.51. The van der Waals surface area contributed by atoms with Crippen LogP contribution >= 0.6 is 0 Å². The lowest BCUT2D eigenvalue weighted by molar-refractivity contribution is -0.114. The number of aromatic nitrogens is 1. The number of esters is 1. The summed E-state index contributed by atoms with van der Waals surface area (Å²) in [4.78, 5) is 29.6. The van der Waals surface area contributed by atoms with E-state index in [2.05, 4.69) is 15.2 Å². The Morgan fingerprint density at radius 2 is 1.84 bits per heavy atom. The summed E-state index contributed by atoms with van der Waals surface area (Å²) >= 11 is 0. The van der Waals surface area contributed by atoms with Crippen LogP contribution in [0.2, 0.25) is 0 Å². The largest absolute Gasteiger partial charge is 0.423 e. The molecule has 25 heavy (non-hydrogen) atoms. The molecule has 130 valence electrons. The summed E-state index contributed by atoms with van der Waals surface area (Å²) < 4.78 is 10.6. The maximum atomic E-state index is 12.2. The third-order valence-electron chi connectivity index (χ3n) is 3.70. The van der Waals surface area contributed by atoms with Gasteiger partial charge in [0.1, 0.15) is 11.6 Å². The van der Waals surface area contributed by atoms with E-state index >= 15 is 0 Å². The second-order valence-corrected chi connectivity index (χ2v) is 5.60. The average Bonchev–Trinajstić information content (AvgIpc) is 2.64. The first-order valence-corrected chi connectivity index (χ1v) is 8.00. The Hall–Kier alpha value is -2.93. The molecule has 1 saturated heterocycles. The normalized spacial score (nSPS) is 14.0. The lowest BCUT2D eigenvalue weighted by atomic mass is 10.2. The highest BCUT2D eigenvalue weighted by molar-refractivity contribution is 5.91. The molecule has 1 N–H and O–H groups in total. The Balaban J connectivity index is 1.61. The van der Waals surface area contributed by atoms with Crippen molar-refractivity contribution in [3.05, 3.63) is 48.2 Å². The van der Waals surface area contributed by atoms with Gasteiger partial charge in [0.2, 0.25) is 5.91 Å². The van der Waals surface area contributed by atoms with E-state index in [0.717, 1.165) is 18.9 Å². The average molecular weight is 341 g/mol. The Bertz CT molecular complexity index is 738. The molecule has 1 aromatic heterocycles. The van der Waals surface area contributed by atoms with Crippen LogP contribution in [0.15, 0.2) is 42.6 Å². The number of ether oxygens (including phenoxy) is 2. The predicted octanol–water partition coefficient (Wildman–Crippen LogP) is 2.10. The maximum absolute atomic E-state index is 12.2. The van der Waals surface area contributed by atoms with Gasteiger partial charge in [0.15, 0.2) is 0 Å². The van der Waals surface area contributed by atoms with Crippen LogP contribution in [0.4, 0.5) is 11.5 Å². The fourth-order valence-corrected chi connectivity index (χ4v) is 2.46. The van der Waals surface area contributed by atoms with Gasteiger partial charge in [-0.1, -0.05) is 0 Å². The van der Waals surface area contributed by atoms with Crippen molar-refractivity contribution in [2.45, 2.75) is 6.92 Å². The Kier molecular flexibility index (Phi) is 5.25. The van der Waals surface area contributed by atoms with Gasteiger partial charge < -0.3 is 19.7 Å². The second-order valence-electron chi connectivity index (χ2n) is 5.60. The molecule has 7 nitrogen and oxygen atoms in total. The van der Waals surface area contributed by atoms with E-state index in [1.54, 1.807) is 30.3 Å². The summed E-state index contributed by atoms with van der Waals surface area (Å²) in [5.74, 6) is 0.584. The van der Waals surface area contributed by atoms with Crippen molar-refractivity contribution in [1.82, 2.24) is 4.98 Å². The molecule has 1 fully saturated rings. The number of anilines is 2. The van der Waals surface area contributed by atoms with Crippen LogP contribution in [0.5, 0.6) is 5.75 Å². The van der Waals surface area contributed by atoms with Gasteiger partial charge in [-0.3, -0.25) is 4.79 Å². The number of nitrogens with one attached hydrogen (secondary N) is 1. The number of benzene rings is 1. The molecule has 0 saturated carbocycles. The number of amides is 1. The molecular weight excluding hydrogens is 322 g/mol. The van der Waals surface area contributed by atoms with Crippen molar-refractivity contribution in [2.75, 3.05) is 36.5 Å². The number of pyridine rings is 1. The van der Waals surface area contributed by atoms with Crippen LogP contribution in [0.1, 0.15) is 17.3 Å². The van der Waals surface area contributed by atoms with E-state index in [4.69, 9.17) is 9.47 Å². The number of carbonyl (C=O) groups excluding carboxylic acids is 2. The second kappa shape index (κ2) is 7.76. The van der Waals surface area contributed by atoms with Crippen molar-refractivity contribution in [1.29, 1.82) is 0 Å². The predicted molar refractivity (Wildman–Crippen MR) is 93.0 cm³/mol. The van der Waals surface area contributed by atoms with E-state index in [0.29, 0.717) is 30.2 Å². The Labute approximate surface area is 145 Å². The van der Waals surface area contributed by atoms with Crippen molar-refractivity contribution in [3.8, 4) is 5.75 Å². The van der Waals surface area contributed by atoms with Gasteiger partial charge in [0.25, 0.3) is 0 Å². The SMILES string of the molecule is CC(=O)Nc1ccc(OC(=O)c2ccc(N3CCOCC3)nc2)cc1. The van der Waals surface area contributed by atoms with Gasteiger partial charge in [-0.15, -0.1) is 0 Å². The van der Waals surface area contributed by atoms with Crippen LogP contribution in [-0.4, -0.2) is 43.2 Å². The summed E-state index contributed by atoms with van der Waals surface area (Å²) in [6, 6.07) is 10.1. The summed E-state index contributed by atoms with van der Waals surface area (Å²) in [7, 11) is 0. The van der Waals surface area contributed by atoms with Gasteiger partial charge in [-0.2, -0.15) is 0 Å². The van der Waals surface area contributed by atoms with Crippen molar-refractivity contribution in [2.24, 2.45) is 0 Å². The van der Waals surface area contributed by atoms with Crippen LogP contribution in [0.3, 0.4) is 0 Å². The lowest BCUT2D eigenvalue weighted by Gasteiger charge is -2.27. The molecule has 1 amide bonds. The van der Waals surface area contributed by atoms with Gasteiger partial charge in [-0.25, -0.2) is 9.78 Å². The third kappa shape index (κ3) is 4.54. The fourth-order valence-electron chi connectivity index (χ4n) is 2.46. The van der Waals surface area contributed by atoms with Crippen LogP contribution in [0.25, 0.3) is 0 Å². The van der Waals surface area contributed by atoms with Crippen LogP contribution in [0, 0.1) is 0 Å². The molecule has 0 unspecified atom stereocenters. The smallest absolute Gasteiger partial charge is 0.345 e. The number of morpholine rings is 1. The quantitative estimate of drug-likeness (QED) is 0.677. The number of hydrogen-bond acceptors (Lipinski definition) is 6. The molecule has 1 aliphatic rings. The fraction of sp³-hybridized carbons (Fsp3) is 0.278. The molecular formula is C18H19N3O4. The number of carbonyl (C=O) groups is 2. The molecule has 0 aliphatic carbocycles. The zero-order chi connectivity index (χ0) is 17.6. The molecule has 1 aliphatic heterocycles. The van der Waals surface area contributed by atoms with Crippen molar-refractivity contribution < 1.29 is 19.1 Å². The molecule has 0 bridgehead atoms. The van der Waals surface area contributed by atoms with E-state index in [-0.39, 0.29) is 5.91 Å². The number of nitrogens with zero attached hydrogens (tertiary/aromatic N) is 2. The molecule has 2 heterocycles. The zero-order valence-electron chi connectivity index (χ0n) is 13.9. The van der Waals surface area contributed by atoms with Gasteiger partial charge in [0, 0.05) is 31.9 Å². The van der Waals surface area contributed by atoms with Crippen LogP contribution < -0.4 is 15.0 Å². The first kappa shape index (κ1) is 16.9. The highest BCUT2D eigenvalue weighted by atomic mass is 16.5. The van der Waals surface area contributed by atoms with Crippen molar-refractivity contribution >= 4 is 23.4 Å². The molecule has 0 radical (unpaired) electrons. The highest BCUT2D eigenvalue weighted by Crippen LogP contribution is 2.18. The Morgan fingerprint density at radius 3 is 2.44 bits per heavy atom. The van der Waals surface area contributed by atoms with Gasteiger partial charge >= 0.3 is 5.97 Å². The van der Waals surface area contributed by atoms with Crippen molar-refractivity contribution in [3.63, 3.8) is 0 Å². The minimum Gasteiger partial charge on any atom is -0.423 e. The molecule has 2 aromatic rings. The van der Waals surface area contributed by atoms with Gasteiger partial charge in [-0.05, 0) is 36.4 Å². The topological polar surface area (TPSA) is 80.8 Å². The number of rotatable bonds is 4. The molecule has 7 heteroatoms. The standard InChI is InChI=1S/C18H19N3O4/c1-13(22)20-15-3-5-16(6-4-15)25-18(23)14-2-7-17(19-12-14)21-8-10-24-11-9-21/h2-7,12H,8-11H2,1H3,(H,20,22). The minimum atomic E-state index is -0.478. The summed E-state index contributed by atoms with van der Waals surface area (Å²) in [5, 5.41) is 2.65. The van der Waals surface area contributed by atoms with E-state index < -0.39 is 5.97 Å².